The van der Waals surface area contributed by atoms with Crippen LogP contribution in [-0.4, -0.2) is 46.6 Å². The molecule has 1 aromatic carbocycles. The quantitative estimate of drug-likeness (QED) is 0.622. The average molecular weight is 425 g/mol. The molecule has 0 bridgehead atoms. The van der Waals surface area contributed by atoms with E-state index in [0.29, 0.717) is 18.0 Å². The molecular weight excluding hydrogens is 390 g/mol. The van der Waals surface area contributed by atoms with Gasteiger partial charge in [0.1, 0.15) is 11.3 Å². The van der Waals surface area contributed by atoms with Crippen LogP contribution in [0.15, 0.2) is 23.1 Å². The lowest BCUT2D eigenvalue weighted by Crippen LogP contribution is -3.22. The SMILES string of the molecule is COc1cc(S(=O)(=O)NCC2([NH+]3CCCCC3)CCCCC2)ccc1NC(C)=O. The van der Waals surface area contributed by atoms with Gasteiger partial charge in [-0.3, -0.25) is 4.79 Å². The van der Waals surface area contributed by atoms with Crippen LogP contribution in [-0.2, 0) is 14.8 Å². The molecule has 8 heteroatoms. The smallest absolute Gasteiger partial charge is 0.240 e. The second kappa shape index (κ2) is 9.45. The third-order valence-corrected chi connectivity index (χ3v) is 7.81. The van der Waals surface area contributed by atoms with E-state index in [0.717, 1.165) is 25.9 Å². The number of hydrogen-bond acceptors (Lipinski definition) is 4. The van der Waals surface area contributed by atoms with Crippen LogP contribution in [0.25, 0.3) is 0 Å². The average Bonchev–Trinajstić information content (AvgIpc) is 2.73. The largest absolute Gasteiger partial charge is 0.495 e. The zero-order valence-electron chi connectivity index (χ0n) is 17.6. The minimum Gasteiger partial charge on any atom is -0.495 e. The van der Waals surface area contributed by atoms with Crippen molar-refractivity contribution in [2.24, 2.45) is 0 Å². The molecule has 1 saturated carbocycles. The normalized spacial score (nSPS) is 20.2. The van der Waals surface area contributed by atoms with Crippen molar-refractivity contribution in [1.29, 1.82) is 0 Å². The maximum absolute atomic E-state index is 13.0. The summed E-state index contributed by atoms with van der Waals surface area (Å²) in [5, 5.41) is 2.65. The lowest BCUT2D eigenvalue weighted by atomic mass is 9.79. The van der Waals surface area contributed by atoms with Crippen molar-refractivity contribution in [3.05, 3.63) is 18.2 Å². The molecule has 0 atom stereocenters. The second-order valence-electron chi connectivity index (χ2n) is 8.37. The molecule has 7 nitrogen and oxygen atoms in total. The number of quaternary nitrogens is 1. The number of carbonyl (C=O) groups is 1. The molecule has 1 heterocycles. The van der Waals surface area contributed by atoms with E-state index in [9.17, 15) is 13.2 Å². The molecule has 2 aliphatic rings. The van der Waals surface area contributed by atoms with Crippen LogP contribution in [0, 0.1) is 0 Å². The van der Waals surface area contributed by atoms with Crippen molar-refractivity contribution >= 4 is 21.6 Å². The maximum atomic E-state index is 13.0. The first-order chi connectivity index (χ1) is 13.9. The van der Waals surface area contributed by atoms with Crippen LogP contribution in [0.4, 0.5) is 5.69 Å². The standard InChI is InChI=1S/C21H33N3O4S/c1-17(25)23-19-10-9-18(15-20(19)28-2)29(26,27)22-16-21(11-5-3-6-12-21)24-13-7-4-8-14-24/h9-10,15,22H,3-8,11-14,16H2,1-2H3,(H,23,25)/p+1. The summed E-state index contributed by atoms with van der Waals surface area (Å²) in [6.45, 7) is 4.15. The van der Waals surface area contributed by atoms with E-state index >= 15 is 0 Å². The number of benzene rings is 1. The number of hydrogen-bond donors (Lipinski definition) is 3. The van der Waals surface area contributed by atoms with Crippen LogP contribution in [0.1, 0.15) is 58.3 Å². The fraction of sp³-hybridized carbons (Fsp3) is 0.667. The van der Waals surface area contributed by atoms with Crippen LogP contribution >= 0.6 is 0 Å². The van der Waals surface area contributed by atoms with Crippen LogP contribution in [0.5, 0.6) is 5.75 Å². The summed E-state index contributed by atoms with van der Waals surface area (Å²) in [5.74, 6) is 0.0953. The summed E-state index contributed by atoms with van der Waals surface area (Å²) in [4.78, 5) is 13.1. The first kappa shape index (κ1) is 22.1. The van der Waals surface area contributed by atoms with Gasteiger partial charge in [-0.1, -0.05) is 6.42 Å². The van der Waals surface area contributed by atoms with E-state index < -0.39 is 10.0 Å². The molecule has 1 aliphatic heterocycles. The highest BCUT2D eigenvalue weighted by Gasteiger charge is 2.43. The Kier molecular flexibility index (Phi) is 7.19. The number of nitrogens with one attached hydrogen (secondary N) is 3. The fourth-order valence-electron chi connectivity index (χ4n) is 4.84. The molecule has 1 saturated heterocycles. The summed E-state index contributed by atoms with van der Waals surface area (Å²) in [7, 11) is -2.21. The Labute approximate surface area is 174 Å². The second-order valence-corrected chi connectivity index (χ2v) is 10.1. The van der Waals surface area contributed by atoms with Crippen molar-refractivity contribution in [3.8, 4) is 5.75 Å². The number of anilines is 1. The molecule has 2 fully saturated rings. The number of carbonyl (C=O) groups excluding carboxylic acids is 1. The molecule has 0 unspecified atom stereocenters. The highest BCUT2D eigenvalue weighted by Crippen LogP contribution is 2.29. The van der Waals surface area contributed by atoms with E-state index in [1.807, 2.05) is 0 Å². The number of rotatable bonds is 7. The Morgan fingerprint density at radius 3 is 2.38 bits per heavy atom. The molecule has 1 aromatic rings. The van der Waals surface area contributed by atoms with Crippen LogP contribution in [0.3, 0.4) is 0 Å². The number of methoxy groups -OCH3 is 1. The molecule has 1 aliphatic carbocycles. The first-order valence-corrected chi connectivity index (χ1v) is 12.2. The van der Waals surface area contributed by atoms with E-state index in [2.05, 4.69) is 10.0 Å². The lowest BCUT2D eigenvalue weighted by Gasteiger charge is -2.45. The number of piperidine rings is 1. The summed E-state index contributed by atoms with van der Waals surface area (Å²) in [6.07, 6.45) is 9.48. The fourth-order valence-corrected chi connectivity index (χ4v) is 5.98. The highest BCUT2D eigenvalue weighted by molar-refractivity contribution is 7.89. The number of amides is 1. The number of sulfonamides is 1. The molecular formula is C21H34N3O4S+. The predicted octanol–water partition coefficient (Wildman–Crippen LogP) is 1.70. The van der Waals surface area contributed by atoms with Crippen molar-refractivity contribution < 1.29 is 22.8 Å². The molecule has 3 rings (SSSR count). The summed E-state index contributed by atoms with van der Waals surface area (Å²) < 4.78 is 34.3. The third kappa shape index (κ3) is 5.29. The van der Waals surface area contributed by atoms with Crippen molar-refractivity contribution in [3.63, 3.8) is 0 Å². The van der Waals surface area contributed by atoms with Gasteiger partial charge >= 0.3 is 0 Å². The minimum atomic E-state index is -3.67. The summed E-state index contributed by atoms with van der Waals surface area (Å²) >= 11 is 0. The van der Waals surface area contributed by atoms with Crippen molar-refractivity contribution in [1.82, 2.24) is 4.72 Å². The molecule has 0 radical (unpaired) electrons. The topological polar surface area (TPSA) is 88.9 Å². The van der Waals surface area contributed by atoms with E-state index in [1.165, 1.54) is 64.7 Å². The Morgan fingerprint density at radius 1 is 1.10 bits per heavy atom. The molecule has 29 heavy (non-hydrogen) atoms. The van der Waals surface area contributed by atoms with Gasteiger partial charge in [0.25, 0.3) is 0 Å². The van der Waals surface area contributed by atoms with Gasteiger partial charge < -0.3 is 15.0 Å². The molecule has 3 N–H and O–H groups in total. The van der Waals surface area contributed by atoms with E-state index in [1.54, 1.807) is 11.0 Å². The van der Waals surface area contributed by atoms with Crippen molar-refractivity contribution in [2.75, 3.05) is 32.1 Å². The Morgan fingerprint density at radius 2 is 1.76 bits per heavy atom. The number of ether oxygens (including phenoxy) is 1. The van der Waals surface area contributed by atoms with Gasteiger partial charge in [0.05, 0.1) is 37.3 Å². The lowest BCUT2D eigenvalue weighted by molar-refractivity contribution is -0.957. The van der Waals surface area contributed by atoms with Gasteiger partial charge in [-0.05, 0) is 44.2 Å². The summed E-state index contributed by atoms with van der Waals surface area (Å²) in [5.41, 5.74) is 0.465. The summed E-state index contributed by atoms with van der Waals surface area (Å²) in [6, 6.07) is 4.55. The minimum absolute atomic E-state index is 0.00591. The van der Waals surface area contributed by atoms with Gasteiger partial charge in [-0.15, -0.1) is 0 Å². The Hall–Kier alpha value is -1.64. The highest BCUT2D eigenvalue weighted by atomic mass is 32.2. The maximum Gasteiger partial charge on any atom is 0.240 e. The van der Waals surface area contributed by atoms with Gasteiger partial charge in [0.2, 0.25) is 15.9 Å². The Bertz CT molecular complexity index is 813. The van der Waals surface area contributed by atoms with Crippen LogP contribution in [0.2, 0.25) is 0 Å². The van der Waals surface area contributed by atoms with Gasteiger partial charge in [0, 0.05) is 25.8 Å². The van der Waals surface area contributed by atoms with Crippen molar-refractivity contribution in [2.45, 2.75) is 68.7 Å². The number of likely N-dealkylation sites (tertiary alicyclic amines) is 1. The van der Waals surface area contributed by atoms with E-state index in [4.69, 9.17) is 4.74 Å². The first-order valence-electron chi connectivity index (χ1n) is 10.7. The predicted molar refractivity (Wildman–Crippen MR) is 113 cm³/mol. The monoisotopic (exact) mass is 424 g/mol. The van der Waals surface area contributed by atoms with Gasteiger partial charge in [-0.2, -0.15) is 0 Å². The van der Waals surface area contributed by atoms with E-state index in [-0.39, 0.29) is 16.3 Å². The zero-order chi connectivity index (χ0) is 20.9. The zero-order valence-corrected chi connectivity index (χ0v) is 18.4. The van der Waals surface area contributed by atoms with Crippen LogP contribution < -0.4 is 19.7 Å². The molecule has 0 spiro atoms. The van der Waals surface area contributed by atoms with Gasteiger partial charge in [0.15, 0.2) is 0 Å². The molecule has 162 valence electrons. The molecule has 0 aromatic heterocycles. The third-order valence-electron chi connectivity index (χ3n) is 6.41. The van der Waals surface area contributed by atoms with Gasteiger partial charge in [-0.25, -0.2) is 13.1 Å². The Balaban J connectivity index is 1.77. The molecule has 1 amide bonds.